The van der Waals surface area contributed by atoms with Crippen molar-refractivity contribution in [3.05, 3.63) is 34.9 Å². The Balaban J connectivity index is 2.08. The van der Waals surface area contributed by atoms with Crippen molar-refractivity contribution in [2.75, 3.05) is 0 Å². The molecular formula is C18H26F2. The SMILES string of the molecule is CCCc1ccc([C@H]2CC[C@H](CCC)CC2)c(F)c1F. The molecular weight excluding hydrogens is 254 g/mol. The Morgan fingerprint density at radius 3 is 2.25 bits per heavy atom. The van der Waals surface area contributed by atoms with Crippen LogP contribution in [0.4, 0.5) is 8.78 Å². The summed E-state index contributed by atoms with van der Waals surface area (Å²) in [4.78, 5) is 0. The molecule has 2 heteroatoms. The second kappa shape index (κ2) is 7.19. The van der Waals surface area contributed by atoms with Gasteiger partial charge in [0.2, 0.25) is 0 Å². The van der Waals surface area contributed by atoms with E-state index in [0.29, 0.717) is 17.5 Å². The lowest BCUT2D eigenvalue weighted by molar-refractivity contribution is 0.302. The van der Waals surface area contributed by atoms with E-state index in [9.17, 15) is 8.78 Å². The minimum atomic E-state index is -0.611. The number of aryl methyl sites for hydroxylation is 1. The predicted octanol–water partition coefficient (Wildman–Crippen LogP) is 5.99. The fourth-order valence-corrected chi connectivity index (χ4v) is 3.55. The van der Waals surface area contributed by atoms with Crippen LogP contribution in [-0.4, -0.2) is 0 Å². The molecule has 0 heterocycles. The summed E-state index contributed by atoms with van der Waals surface area (Å²) in [6.45, 7) is 4.20. The third-order valence-electron chi connectivity index (χ3n) is 4.69. The first-order valence-corrected chi connectivity index (χ1v) is 8.14. The average molecular weight is 280 g/mol. The van der Waals surface area contributed by atoms with Crippen LogP contribution in [0.25, 0.3) is 0 Å². The number of benzene rings is 1. The summed E-state index contributed by atoms with van der Waals surface area (Å²) in [5.41, 5.74) is 1.13. The lowest BCUT2D eigenvalue weighted by atomic mass is 9.77. The van der Waals surface area contributed by atoms with Crippen molar-refractivity contribution < 1.29 is 8.78 Å². The molecule has 1 fully saturated rings. The normalized spacial score (nSPS) is 23.0. The van der Waals surface area contributed by atoms with Gasteiger partial charge in [-0.25, -0.2) is 8.78 Å². The first-order valence-electron chi connectivity index (χ1n) is 8.14. The third-order valence-corrected chi connectivity index (χ3v) is 4.69. The molecule has 0 unspecified atom stereocenters. The minimum absolute atomic E-state index is 0.216. The fourth-order valence-electron chi connectivity index (χ4n) is 3.55. The van der Waals surface area contributed by atoms with Gasteiger partial charge in [-0.2, -0.15) is 0 Å². The molecule has 0 atom stereocenters. The van der Waals surface area contributed by atoms with Gasteiger partial charge in [-0.05, 0) is 55.1 Å². The van der Waals surface area contributed by atoms with Gasteiger partial charge in [-0.3, -0.25) is 0 Å². The summed E-state index contributed by atoms with van der Waals surface area (Å²) in [6.07, 6.45) is 8.31. The first kappa shape index (κ1) is 15.5. The van der Waals surface area contributed by atoms with Gasteiger partial charge in [0.25, 0.3) is 0 Å². The molecule has 0 N–H and O–H groups in total. The molecule has 0 aliphatic heterocycles. The van der Waals surface area contributed by atoms with E-state index in [4.69, 9.17) is 0 Å². The standard InChI is InChI=1S/C18H26F2/c1-3-5-13-7-9-14(10-8-13)16-12-11-15(6-4-2)17(19)18(16)20/h11-14H,3-10H2,1-2H3/t13-,14-. The molecule has 2 rings (SSSR count). The zero-order chi connectivity index (χ0) is 14.5. The largest absolute Gasteiger partial charge is 0.203 e. The van der Waals surface area contributed by atoms with Gasteiger partial charge >= 0.3 is 0 Å². The van der Waals surface area contributed by atoms with E-state index in [1.54, 1.807) is 6.07 Å². The Morgan fingerprint density at radius 1 is 0.950 bits per heavy atom. The topological polar surface area (TPSA) is 0 Å². The molecule has 0 amide bonds. The maximum Gasteiger partial charge on any atom is 0.162 e. The molecule has 0 saturated heterocycles. The molecule has 1 aromatic carbocycles. The predicted molar refractivity (Wildman–Crippen MR) is 80.0 cm³/mol. The van der Waals surface area contributed by atoms with Gasteiger partial charge in [0, 0.05) is 0 Å². The van der Waals surface area contributed by atoms with E-state index in [2.05, 4.69) is 6.92 Å². The van der Waals surface area contributed by atoms with Gasteiger partial charge in [-0.15, -0.1) is 0 Å². The zero-order valence-electron chi connectivity index (χ0n) is 12.7. The van der Waals surface area contributed by atoms with Gasteiger partial charge in [0.15, 0.2) is 11.6 Å². The van der Waals surface area contributed by atoms with Crippen LogP contribution in [0.5, 0.6) is 0 Å². The minimum Gasteiger partial charge on any atom is -0.203 e. The van der Waals surface area contributed by atoms with Crippen molar-refractivity contribution in [1.82, 2.24) is 0 Å². The summed E-state index contributed by atoms with van der Waals surface area (Å²) in [5.74, 6) is -0.188. The molecule has 0 radical (unpaired) electrons. The average Bonchev–Trinajstić information content (AvgIpc) is 2.46. The Bertz CT molecular complexity index is 431. The van der Waals surface area contributed by atoms with Crippen molar-refractivity contribution in [1.29, 1.82) is 0 Å². The van der Waals surface area contributed by atoms with Gasteiger partial charge < -0.3 is 0 Å². The van der Waals surface area contributed by atoms with Crippen LogP contribution in [-0.2, 0) is 6.42 Å². The second-order valence-electron chi connectivity index (χ2n) is 6.20. The van der Waals surface area contributed by atoms with Crippen LogP contribution >= 0.6 is 0 Å². The van der Waals surface area contributed by atoms with Crippen molar-refractivity contribution in [2.45, 2.75) is 71.1 Å². The van der Waals surface area contributed by atoms with E-state index in [1.165, 1.54) is 12.8 Å². The third kappa shape index (κ3) is 3.39. The number of halogens is 2. The number of rotatable bonds is 5. The summed E-state index contributed by atoms with van der Waals surface area (Å²) >= 11 is 0. The molecule has 1 aliphatic rings. The lowest BCUT2D eigenvalue weighted by Gasteiger charge is -2.29. The highest BCUT2D eigenvalue weighted by Gasteiger charge is 2.25. The van der Waals surface area contributed by atoms with E-state index < -0.39 is 11.6 Å². The molecule has 0 spiro atoms. The number of hydrogen-bond donors (Lipinski definition) is 0. The van der Waals surface area contributed by atoms with Crippen molar-refractivity contribution in [3.8, 4) is 0 Å². The highest BCUT2D eigenvalue weighted by atomic mass is 19.2. The molecule has 20 heavy (non-hydrogen) atoms. The van der Waals surface area contributed by atoms with E-state index in [0.717, 1.165) is 38.0 Å². The molecule has 0 nitrogen and oxygen atoms in total. The van der Waals surface area contributed by atoms with Crippen LogP contribution in [0, 0.1) is 17.6 Å². The van der Waals surface area contributed by atoms with Gasteiger partial charge in [0.1, 0.15) is 0 Å². The van der Waals surface area contributed by atoms with Crippen molar-refractivity contribution in [3.63, 3.8) is 0 Å². The molecule has 1 saturated carbocycles. The maximum atomic E-state index is 14.2. The molecule has 0 bridgehead atoms. The fraction of sp³-hybridized carbons (Fsp3) is 0.667. The van der Waals surface area contributed by atoms with Crippen LogP contribution < -0.4 is 0 Å². The Labute approximate surface area is 121 Å². The summed E-state index contributed by atoms with van der Waals surface area (Å²) < 4.78 is 28.3. The molecule has 112 valence electrons. The van der Waals surface area contributed by atoms with E-state index in [-0.39, 0.29) is 5.92 Å². The first-order chi connectivity index (χ1) is 9.67. The van der Waals surface area contributed by atoms with Crippen LogP contribution in [0.2, 0.25) is 0 Å². The van der Waals surface area contributed by atoms with Gasteiger partial charge in [0.05, 0.1) is 0 Å². The van der Waals surface area contributed by atoms with Gasteiger partial charge in [-0.1, -0.05) is 45.2 Å². The number of hydrogen-bond acceptors (Lipinski definition) is 0. The second-order valence-corrected chi connectivity index (χ2v) is 6.20. The summed E-state index contributed by atoms with van der Waals surface area (Å²) in [7, 11) is 0. The summed E-state index contributed by atoms with van der Waals surface area (Å²) in [6, 6.07) is 3.61. The maximum absolute atomic E-state index is 14.2. The monoisotopic (exact) mass is 280 g/mol. The Hall–Kier alpha value is -0.920. The van der Waals surface area contributed by atoms with Crippen molar-refractivity contribution in [2.24, 2.45) is 5.92 Å². The lowest BCUT2D eigenvalue weighted by Crippen LogP contribution is -2.15. The molecule has 1 aliphatic carbocycles. The highest BCUT2D eigenvalue weighted by Crippen LogP contribution is 2.39. The highest BCUT2D eigenvalue weighted by molar-refractivity contribution is 5.29. The van der Waals surface area contributed by atoms with Crippen LogP contribution in [0.3, 0.4) is 0 Å². The van der Waals surface area contributed by atoms with E-state index >= 15 is 0 Å². The quantitative estimate of drug-likeness (QED) is 0.621. The Morgan fingerprint density at radius 2 is 1.65 bits per heavy atom. The molecule has 0 aromatic heterocycles. The van der Waals surface area contributed by atoms with Crippen molar-refractivity contribution >= 4 is 0 Å². The summed E-state index contributed by atoms with van der Waals surface area (Å²) in [5, 5.41) is 0. The van der Waals surface area contributed by atoms with E-state index in [1.807, 2.05) is 13.0 Å². The molecule has 1 aromatic rings. The zero-order valence-corrected chi connectivity index (χ0v) is 12.7. The smallest absolute Gasteiger partial charge is 0.162 e. The Kier molecular flexibility index (Phi) is 5.56. The van der Waals surface area contributed by atoms with Crippen LogP contribution in [0.1, 0.15) is 75.8 Å². The van der Waals surface area contributed by atoms with Crippen LogP contribution in [0.15, 0.2) is 12.1 Å².